The Morgan fingerprint density at radius 3 is 2.88 bits per heavy atom. The summed E-state index contributed by atoms with van der Waals surface area (Å²) in [7, 11) is 0. The van der Waals surface area contributed by atoms with Crippen LogP contribution in [0.3, 0.4) is 0 Å². The lowest BCUT2D eigenvalue weighted by Gasteiger charge is -2.53. The maximum atomic E-state index is 10.7. The predicted octanol–water partition coefficient (Wildman–Crippen LogP) is 3.79. The van der Waals surface area contributed by atoms with E-state index in [2.05, 4.69) is 24.9 Å². The highest BCUT2D eigenvalue weighted by Crippen LogP contribution is 2.62. The van der Waals surface area contributed by atoms with E-state index in [1.165, 1.54) is 25.7 Å². The van der Waals surface area contributed by atoms with Gasteiger partial charge in [0.25, 0.3) is 0 Å². The van der Waals surface area contributed by atoms with Crippen LogP contribution in [0.1, 0.15) is 58.3 Å². The summed E-state index contributed by atoms with van der Waals surface area (Å²) in [6.07, 6.45) is 11.5. The first-order valence-electron chi connectivity index (χ1n) is 10.5. The molecule has 4 fully saturated rings. The molecule has 5 aliphatic rings. The number of aliphatic hydroxyl groups excluding tert-OH is 1. The van der Waals surface area contributed by atoms with Gasteiger partial charge in [-0.1, -0.05) is 24.1 Å². The summed E-state index contributed by atoms with van der Waals surface area (Å²) in [5.41, 5.74) is 3.58. The molecule has 4 unspecified atom stereocenters. The molecule has 3 heteroatoms. The molecular weight excluding hydrogens is 310 g/mol. The summed E-state index contributed by atoms with van der Waals surface area (Å²) < 4.78 is 6.13. The summed E-state index contributed by atoms with van der Waals surface area (Å²) in [5, 5.41) is 14.3. The number of hydrogen-bond acceptors (Lipinski definition) is 3. The zero-order valence-corrected chi connectivity index (χ0v) is 15.6. The molecule has 1 spiro atoms. The second-order valence-electron chi connectivity index (χ2n) is 9.59. The largest absolute Gasteiger partial charge is 0.393 e. The van der Waals surface area contributed by atoms with Crippen molar-refractivity contribution in [3.8, 4) is 0 Å². The van der Waals surface area contributed by atoms with E-state index in [-0.39, 0.29) is 17.2 Å². The number of ether oxygens (including phenoxy) is 1. The summed E-state index contributed by atoms with van der Waals surface area (Å²) in [5.74, 6) is 2.54. The van der Waals surface area contributed by atoms with Crippen molar-refractivity contribution in [2.75, 3.05) is 13.2 Å². The minimum atomic E-state index is -0.116. The molecule has 3 nitrogen and oxygen atoms in total. The molecule has 7 atom stereocenters. The van der Waals surface area contributed by atoms with E-state index in [0.717, 1.165) is 38.8 Å². The molecule has 0 amide bonds. The van der Waals surface area contributed by atoms with Gasteiger partial charge in [0.1, 0.15) is 5.72 Å². The summed E-state index contributed by atoms with van der Waals surface area (Å²) >= 11 is 0. The lowest BCUT2D eigenvalue weighted by molar-refractivity contribution is -0.0509. The number of aliphatic hydroxyl groups is 1. The van der Waals surface area contributed by atoms with Crippen molar-refractivity contribution in [3.05, 3.63) is 23.8 Å². The van der Waals surface area contributed by atoms with Crippen LogP contribution in [0.25, 0.3) is 0 Å². The molecule has 25 heavy (non-hydrogen) atoms. The Labute approximate surface area is 151 Å². The minimum absolute atomic E-state index is 0.0298. The maximum Gasteiger partial charge on any atom is 0.120 e. The average Bonchev–Trinajstić information content (AvgIpc) is 3.18. The minimum Gasteiger partial charge on any atom is -0.393 e. The smallest absolute Gasteiger partial charge is 0.120 e. The van der Waals surface area contributed by atoms with Crippen molar-refractivity contribution in [3.63, 3.8) is 0 Å². The van der Waals surface area contributed by atoms with Gasteiger partial charge in [0.2, 0.25) is 0 Å². The van der Waals surface area contributed by atoms with Gasteiger partial charge >= 0.3 is 0 Å². The van der Waals surface area contributed by atoms with Crippen LogP contribution in [-0.4, -0.2) is 30.1 Å². The van der Waals surface area contributed by atoms with Gasteiger partial charge in [-0.3, -0.25) is 5.32 Å². The molecule has 3 saturated carbocycles. The molecular formula is C22H33NO2. The zero-order valence-electron chi connectivity index (χ0n) is 15.6. The van der Waals surface area contributed by atoms with Crippen LogP contribution in [0, 0.1) is 29.1 Å². The molecule has 138 valence electrons. The van der Waals surface area contributed by atoms with Gasteiger partial charge in [-0.25, -0.2) is 0 Å². The normalized spacial score (nSPS) is 52.0. The van der Waals surface area contributed by atoms with Crippen molar-refractivity contribution >= 4 is 0 Å². The number of fused-ring (bicyclic) bond motifs is 4. The Morgan fingerprint density at radius 1 is 1.24 bits per heavy atom. The molecule has 0 aromatic carbocycles. The first kappa shape index (κ1) is 16.5. The summed E-state index contributed by atoms with van der Waals surface area (Å²) in [4.78, 5) is 0. The standard InChI is InChI=1S/C22H33NO2/c1-3-14-12-21(2)18(6-7-19(21)24)17-5-4-15-13-22(23-10-11-25-22)9-8-16(15)20(14)17/h3,14-15,17-19,23-24H,1,4-13H2,2H3/t14-,15?,17?,18?,19-,21-,22?/m0/s1. The van der Waals surface area contributed by atoms with Gasteiger partial charge in [-0.2, -0.15) is 0 Å². The van der Waals surface area contributed by atoms with E-state index >= 15 is 0 Å². The van der Waals surface area contributed by atoms with Crippen molar-refractivity contribution in [2.45, 2.75) is 70.1 Å². The van der Waals surface area contributed by atoms with Crippen LogP contribution in [0.15, 0.2) is 23.8 Å². The third-order valence-electron chi connectivity index (χ3n) is 8.58. The van der Waals surface area contributed by atoms with Crippen LogP contribution >= 0.6 is 0 Å². The molecule has 4 aliphatic carbocycles. The van der Waals surface area contributed by atoms with Gasteiger partial charge in [-0.05, 0) is 80.5 Å². The van der Waals surface area contributed by atoms with Crippen LogP contribution < -0.4 is 5.32 Å². The van der Waals surface area contributed by atoms with Crippen LogP contribution in [0.4, 0.5) is 0 Å². The monoisotopic (exact) mass is 343 g/mol. The Balaban J connectivity index is 1.51. The topological polar surface area (TPSA) is 41.5 Å². The second kappa shape index (κ2) is 5.68. The molecule has 1 saturated heterocycles. The van der Waals surface area contributed by atoms with Crippen LogP contribution in [-0.2, 0) is 4.74 Å². The van der Waals surface area contributed by atoms with Crippen molar-refractivity contribution in [1.29, 1.82) is 0 Å². The zero-order chi connectivity index (χ0) is 17.2. The number of hydrogen-bond donors (Lipinski definition) is 2. The highest BCUT2D eigenvalue weighted by atomic mass is 16.5. The van der Waals surface area contributed by atoms with Gasteiger partial charge < -0.3 is 9.84 Å². The number of allylic oxidation sites excluding steroid dienone is 3. The van der Waals surface area contributed by atoms with Gasteiger partial charge in [0.15, 0.2) is 0 Å². The second-order valence-corrected chi connectivity index (χ2v) is 9.59. The van der Waals surface area contributed by atoms with Crippen molar-refractivity contribution < 1.29 is 9.84 Å². The number of nitrogens with one attached hydrogen (secondary N) is 1. The van der Waals surface area contributed by atoms with E-state index in [4.69, 9.17) is 4.74 Å². The third kappa shape index (κ3) is 2.28. The Bertz CT molecular complexity index is 605. The van der Waals surface area contributed by atoms with Gasteiger partial charge in [-0.15, -0.1) is 6.58 Å². The maximum absolute atomic E-state index is 10.7. The highest BCUT2D eigenvalue weighted by Gasteiger charge is 2.56. The Hall–Kier alpha value is -0.640. The predicted molar refractivity (Wildman–Crippen MR) is 98.9 cm³/mol. The molecule has 1 heterocycles. The van der Waals surface area contributed by atoms with E-state index in [1.54, 1.807) is 11.1 Å². The number of rotatable bonds is 1. The molecule has 0 aromatic rings. The summed E-state index contributed by atoms with van der Waals surface area (Å²) in [6.45, 7) is 8.43. The van der Waals surface area contributed by atoms with E-state index in [0.29, 0.717) is 23.7 Å². The first-order chi connectivity index (χ1) is 12.1. The fourth-order valence-corrected chi connectivity index (χ4v) is 7.38. The quantitative estimate of drug-likeness (QED) is 0.712. The highest BCUT2D eigenvalue weighted by molar-refractivity contribution is 5.34. The third-order valence-corrected chi connectivity index (χ3v) is 8.58. The van der Waals surface area contributed by atoms with Crippen molar-refractivity contribution in [2.24, 2.45) is 29.1 Å². The lowest BCUT2D eigenvalue weighted by atomic mass is 9.53. The Kier molecular flexibility index (Phi) is 3.75. The molecule has 0 aromatic heterocycles. The molecule has 0 bridgehead atoms. The Morgan fingerprint density at radius 2 is 2.12 bits per heavy atom. The van der Waals surface area contributed by atoms with Gasteiger partial charge in [0.05, 0.1) is 12.7 Å². The summed E-state index contributed by atoms with van der Waals surface area (Å²) in [6, 6.07) is 0. The SMILES string of the molecule is C=C[C@H]1C[C@@]2(C)C(CC[C@@H]2O)C2CCC3CC4(CCC3=C21)NCCO4. The van der Waals surface area contributed by atoms with E-state index in [1.807, 2.05) is 0 Å². The fraction of sp³-hybridized carbons (Fsp3) is 0.818. The molecule has 5 rings (SSSR count). The molecule has 0 radical (unpaired) electrons. The average molecular weight is 344 g/mol. The van der Waals surface area contributed by atoms with Crippen LogP contribution in [0.2, 0.25) is 0 Å². The van der Waals surface area contributed by atoms with E-state index < -0.39 is 0 Å². The lowest BCUT2D eigenvalue weighted by Crippen LogP contribution is -2.49. The molecule has 1 aliphatic heterocycles. The van der Waals surface area contributed by atoms with Crippen molar-refractivity contribution in [1.82, 2.24) is 5.32 Å². The first-order valence-corrected chi connectivity index (χ1v) is 10.5. The van der Waals surface area contributed by atoms with Crippen LogP contribution in [0.5, 0.6) is 0 Å². The van der Waals surface area contributed by atoms with E-state index in [9.17, 15) is 5.11 Å². The van der Waals surface area contributed by atoms with Gasteiger partial charge in [0, 0.05) is 6.54 Å². The fourth-order valence-electron chi connectivity index (χ4n) is 7.38. The molecule has 2 N–H and O–H groups in total.